The third-order valence-corrected chi connectivity index (χ3v) is 6.22. The lowest BCUT2D eigenvalue weighted by Gasteiger charge is -2.18. The van der Waals surface area contributed by atoms with E-state index in [1.807, 2.05) is 19.9 Å². The molecule has 2 bridgehead atoms. The number of carbonyl (C=O) groups excluding carboxylic acids is 3. The molecule has 1 heterocycles. The fourth-order valence-electron chi connectivity index (χ4n) is 5.09. The van der Waals surface area contributed by atoms with E-state index in [1.54, 1.807) is 36.4 Å². The van der Waals surface area contributed by atoms with E-state index < -0.39 is 5.97 Å². The number of rotatable bonds is 3. The number of benzene rings is 2. The van der Waals surface area contributed by atoms with E-state index in [0.717, 1.165) is 17.5 Å². The van der Waals surface area contributed by atoms with E-state index in [9.17, 15) is 14.4 Å². The van der Waals surface area contributed by atoms with Crippen molar-refractivity contribution in [2.24, 2.45) is 23.7 Å². The Labute approximate surface area is 169 Å². The molecule has 2 aromatic carbocycles. The van der Waals surface area contributed by atoms with Gasteiger partial charge in [0.05, 0.1) is 23.1 Å². The lowest BCUT2D eigenvalue weighted by atomic mass is 9.85. The summed E-state index contributed by atoms with van der Waals surface area (Å²) in [4.78, 5) is 39.9. The highest BCUT2D eigenvalue weighted by Gasteiger charge is 2.59. The normalized spacial score (nSPS) is 26.9. The van der Waals surface area contributed by atoms with Gasteiger partial charge in [0.2, 0.25) is 11.8 Å². The van der Waals surface area contributed by atoms with Crippen LogP contribution < -0.4 is 9.64 Å². The van der Waals surface area contributed by atoms with Crippen molar-refractivity contribution in [3.8, 4) is 5.75 Å². The van der Waals surface area contributed by atoms with Crippen LogP contribution in [0, 0.1) is 37.5 Å². The highest BCUT2D eigenvalue weighted by Crippen LogP contribution is 2.53. The van der Waals surface area contributed by atoms with Gasteiger partial charge < -0.3 is 4.74 Å². The van der Waals surface area contributed by atoms with Gasteiger partial charge in [-0.25, -0.2) is 9.69 Å². The fraction of sp³-hybridized carbons (Fsp3) is 0.292. The molecule has 0 aromatic heterocycles. The van der Waals surface area contributed by atoms with Crippen LogP contribution in [-0.4, -0.2) is 17.8 Å². The van der Waals surface area contributed by atoms with Crippen molar-refractivity contribution in [2.45, 2.75) is 20.3 Å². The van der Waals surface area contributed by atoms with Gasteiger partial charge in [0.25, 0.3) is 0 Å². The summed E-state index contributed by atoms with van der Waals surface area (Å²) in [7, 11) is 0. The summed E-state index contributed by atoms with van der Waals surface area (Å²) in [5, 5.41) is 0. The molecule has 2 aliphatic carbocycles. The first-order valence-electron chi connectivity index (χ1n) is 9.89. The molecule has 5 nitrogen and oxygen atoms in total. The van der Waals surface area contributed by atoms with E-state index in [4.69, 9.17) is 4.74 Å². The Bertz CT molecular complexity index is 1040. The molecule has 0 spiro atoms. The summed E-state index contributed by atoms with van der Waals surface area (Å²) in [6, 6.07) is 12.2. The van der Waals surface area contributed by atoms with E-state index in [2.05, 4.69) is 12.2 Å². The standard InChI is InChI=1S/C24H21NO4/c1-13-8-14(2)10-19(9-13)29-24(28)17-4-3-5-18(12-17)25-22(26)20-15-6-7-16(11-15)21(20)23(25)27/h3-10,12,15-16,20-21H,11H2,1-2H3/t15-,16+,20+,21-. The average Bonchev–Trinajstić information content (AvgIpc) is 3.35. The van der Waals surface area contributed by atoms with Crippen LogP contribution in [0.2, 0.25) is 0 Å². The Kier molecular flexibility index (Phi) is 3.95. The Balaban J connectivity index is 1.41. The van der Waals surface area contributed by atoms with Gasteiger partial charge >= 0.3 is 5.97 Å². The summed E-state index contributed by atoms with van der Waals surface area (Å²) in [5.74, 6) is -0.560. The minimum absolute atomic E-state index is 0.156. The van der Waals surface area contributed by atoms with Crippen LogP contribution in [0.1, 0.15) is 27.9 Å². The monoisotopic (exact) mass is 387 g/mol. The van der Waals surface area contributed by atoms with E-state index in [0.29, 0.717) is 17.0 Å². The number of imide groups is 1. The summed E-state index contributed by atoms with van der Waals surface area (Å²) in [5.41, 5.74) is 2.75. The average molecular weight is 387 g/mol. The molecule has 2 amide bonds. The van der Waals surface area contributed by atoms with Crippen molar-refractivity contribution in [3.05, 3.63) is 71.3 Å². The number of esters is 1. The van der Waals surface area contributed by atoms with Gasteiger partial charge in [-0.15, -0.1) is 0 Å². The minimum atomic E-state index is -0.516. The highest BCUT2D eigenvalue weighted by atomic mass is 16.5. The highest BCUT2D eigenvalue weighted by molar-refractivity contribution is 6.23. The van der Waals surface area contributed by atoms with Crippen LogP contribution in [0.3, 0.4) is 0 Å². The first-order chi connectivity index (χ1) is 13.9. The topological polar surface area (TPSA) is 63.7 Å². The number of ether oxygens (including phenoxy) is 1. The van der Waals surface area contributed by atoms with Crippen molar-refractivity contribution in [2.75, 3.05) is 4.90 Å². The molecule has 0 radical (unpaired) electrons. The predicted octanol–water partition coefficient (Wildman–Crippen LogP) is 3.83. The predicted molar refractivity (Wildman–Crippen MR) is 108 cm³/mol. The van der Waals surface area contributed by atoms with Crippen LogP contribution in [-0.2, 0) is 9.59 Å². The molecule has 29 heavy (non-hydrogen) atoms. The van der Waals surface area contributed by atoms with E-state index >= 15 is 0 Å². The third-order valence-electron chi connectivity index (χ3n) is 6.22. The Morgan fingerprint density at radius 3 is 2.17 bits per heavy atom. The molecule has 4 atom stereocenters. The van der Waals surface area contributed by atoms with Gasteiger partial charge in [-0.3, -0.25) is 9.59 Å². The molecule has 0 N–H and O–H groups in total. The molecular weight excluding hydrogens is 366 g/mol. The van der Waals surface area contributed by atoms with Crippen molar-refractivity contribution in [1.29, 1.82) is 0 Å². The molecular formula is C24H21NO4. The summed E-state index contributed by atoms with van der Waals surface area (Å²) < 4.78 is 5.51. The third kappa shape index (κ3) is 2.80. The zero-order valence-corrected chi connectivity index (χ0v) is 16.3. The van der Waals surface area contributed by atoms with Crippen molar-refractivity contribution in [1.82, 2.24) is 0 Å². The maximum Gasteiger partial charge on any atom is 0.343 e. The Morgan fingerprint density at radius 1 is 0.931 bits per heavy atom. The van der Waals surface area contributed by atoms with Crippen LogP contribution in [0.5, 0.6) is 5.75 Å². The molecule has 146 valence electrons. The van der Waals surface area contributed by atoms with E-state index in [1.165, 1.54) is 4.90 Å². The number of aryl methyl sites for hydroxylation is 2. The molecule has 2 aromatic rings. The van der Waals surface area contributed by atoms with Crippen LogP contribution in [0.25, 0.3) is 0 Å². The zero-order chi connectivity index (χ0) is 20.3. The Morgan fingerprint density at radius 2 is 1.55 bits per heavy atom. The van der Waals surface area contributed by atoms with E-state index in [-0.39, 0.29) is 35.5 Å². The second-order valence-electron chi connectivity index (χ2n) is 8.28. The number of nitrogens with zero attached hydrogens (tertiary/aromatic N) is 1. The van der Waals surface area contributed by atoms with Crippen LogP contribution >= 0.6 is 0 Å². The van der Waals surface area contributed by atoms with Gasteiger partial charge in [0.1, 0.15) is 5.75 Å². The minimum Gasteiger partial charge on any atom is -0.423 e. The first-order valence-corrected chi connectivity index (χ1v) is 9.89. The van der Waals surface area contributed by atoms with Gasteiger partial charge in [-0.2, -0.15) is 0 Å². The lowest BCUT2D eigenvalue weighted by Crippen LogP contribution is -2.33. The Hall–Kier alpha value is -3.21. The molecule has 5 heteroatoms. The second-order valence-corrected chi connectivity index (χ2v) is 8.28. The molecule has 1 aliphatic heterocycles. The van der Waals surface area contributed by atoms with Crippen molar-refractivity contribution < 1.29 is 19.1 Å². The SMILES string of the molecule is Cc1cc(C)cc(OC(=O)c2cccc(N3C(=O)[C@@H]4[C@H](C3=O)[C@H]3C=C[C@@H]4C3)c2)c1. The number of carbonyl (C=O) groups is 3. The zero-order valence-electron chi connectivity index (χ0n) is 16.3. The quantitative estimate of drug-likeness (QED) is 0.347. The number of anilines is 1. The van der Waals surface area contributed by atoms with Gasteiger partial charge in [0.15, 0.2) is 0 Å². The fourth-order valence-corrected chi connectivity index (χ4v) is 5.09. The molecule has 3 aliphatic rings. The molecule has 1 saturated heterocycles. The van der Waals surface area contributed by atoms with Crippen molar-refractivity contribution >= 4 is 23.5 Å². The largest absolute Gasteiger partial charge is 0.423 e. The van der Waals surface area contributed by atoms with Crippen LogP contribution in [0.4, 0.5) is 5.69 Å². The maximum atomic E-state index is 13.0. The molecule has 5 rings (SSSR count). The molecule has 0 unspecified atom stereocenters. The maximum absolute atomic E-state index is 13.0. The summed E-state index contributed by atoms with van der Waals surface area (Å²) in [6.07, 6.45) is 5.03. The summed E-state index contributed by atoms with van der Waals surface area (Å²) in [6.45, 7) is 3.88. The number of hydrogen-bond acceptors (Lipinski definition) is 4. The number of allylic oxidation sites excluding steroid dienone is 2. The second kappa shape index (κ2) is 6.41. The van der Waals surface area contributed by atoms with Crippen molar-refractivity contribution in [3.63, 3.8) is 0 Å². The van der Waals surface area contributed by atoms with Gasteiger partial charge in [-0.05, 0) is 73.6 Å². The smallest absolute Gasteiger partial charge is 0.343 e. The van der Waals surface area contributed by atoms with Gasteiger partial charge in [0, 0.05) is 0 Å². The summed E-state index contributed by atoms with van der Waals surface area (Å²) >= 11 is 0. The number of fused-ring (bicyclic) bond motifs is 5. The van der Waals surface area contributed by atoms with Gasteiger partial charge in [-0.1, -0.05) is 24.3 Å². The number of hydrogen-bond donors (Lipinski definition) is 0. The lowest BCUT2D eigenvalue weighted by molar-refractivity contribution is -0.123. The first kappa shape index (κ1) is 17.9. The molecule has 2 fully saturated rings. The number of amides is 2. The molecule has 1 saturated carbocycles. The van der Waals surface area contributed by atoms with Crippen LogP contribution in [0.15, 0.2) is 54.6 Å².